The van der Waals surface area contributed by atoms with Crippen LogP contribution in [-0.2, 0) is 26.5 Å². The van der Waals surface area contributed by atoms with Crippen LogP contribution in [0.25, 0.3) is 10.9 Å². The topological polar surface area (TPSA) is 54.7 Å². The van der Waals surface area contributed by atoms with E-state index < -0.39 is 0 Å². The molecule has 2 heterocycles. The van der Waals surface area contributed by atoms with E-state index in [2.05, 4.69) is 49.2 Å². The summed E-state index contributed by atoms with van der Waals surface area (Å²) in [7, 11) is 0. The quantitative estimate of drug-likeness (QED) is 0.249. The minimum absolute atomic E-state index is 0. The van der Waals surface area contributed by atoms with E-state index in [1.165, 1.54) is 11.1 Å². The smallest absolute Gasteiger partial charge is 0.217 e. The maximum absolute atomic E-state index is 10.1. The Labute approximate surface area is 217 Å². The number of thioether (sulfide) groups is 1. The molecule has 1 aromatic heterocycles. The zero-order chi connectivity index (χ0) is 22.6. The molecule has 0 unspecified atom stereocenters. The summed E-state index contributed by atoms with van der Waals surface area (Å²) in [6, 6.07) is 27.3. The van der Waals surface area contributed by atoms with Crippen molar-refractivity contribution in [3.63, 3.8) is 0 Å². The van der Waals surface area contributed by atoms with Gasteiger partial charge in [0.2, 0.25) is 5.88 Å². The van der Waals surface area contributed by atoms with Gasteiger partial charge in [0, 0.05) is 48.6 Å². The third-order valence-corrected chi connectivity index (χ3v) is 7.84. The fourth-order valence-electron chi connectivity index (χ4n) is 4.91. The van der Waals surface area contributed by atoms with Crippen LogP contribution in [0, 0.1) is 6.07 Å². The number of phenols is 1. The van der Waals surface area contributed by atoms with Gasteiger partial charge in [0.25, 0.3) is 0 Å². The van der Waals surface area contributed by atoms with Gasteiger partial charge in [-0.2, -0.15) is 0 Å². The SMILES string of the molecule is CC1(C)C[C@@H]2N=C(c3[c-]c(Oc4ccc5cccc(O)c5n4)ccc3)S[C@@H]2c2ccccc21.[Pt]. The van der Waals surface area contributed by atoms with E-state index >= 15 is 0 Å². The Morgan fingerprint density at radius 2 is 1.82 bits per heavy atom. The number of fused-ring (bicyclic) bond motifs is 4. The molecule has 34 heavy (non-hydrogen) atoms. The molecular formula is C28H23N2O2PtS-. The van der Waals surface area contributed by atoms with Gasteiger partial charge in [0.15, 0.2) is 0 Å². The average molecular weight is 647 g/mol. The molecule has 1 aliphatic carbocycles. The molecular weight excluding hydrogens is 623 g/mol. The first kappa shape index (κ1) is 23.1. The van der Waals surface area contributed by atoms with Crippen LogP contribution >= 0.6 is 11.8 Å². The van der Waals surface area contributed by atoms with Gasteiger partial charge < -0.3 is 14.8 Å². The van der Waals surface area contributed by atoms with Crippen molar-refractivity contribution in [3.8, 4) is 17.4 Å². The molecule has 1 N–H and O–H groups in total. The third kappa shape index (κ3) is 4.06. The summed E-state index contributed by atoms with van der Waals surface area (Å²) in [4.78, 5) is 9.59. The number of hydrogen-bond acceptors (Lipinski definition) is 5. The van der Waals surface area contributed by atoms with Crippen LogP contribution in [0.1, 0.15) is 42.2 Å². The van der Waals surface area contributed by atoms with Crippen LogP contribution in [0.4, 0.5) is 0 Å². The molecule has 6 heteroatoms. The molecule has 0 amide bonds. The van der Waals surface area contributed by atoms with Crippen molar-refractivity contribution < 1.29 is 30.9 Å². The Morgan fingerprint density at radius 3 is 2.71 bits per heavy atom. The van der Waals surface area contributed by atoms with Crippen molar-refractivity contribution in [3.05, 3.63) is 95.6 Å². The zero-order valence-corrected chi connectivity index (χ0v) is 21.9. The first-order valence-corrected chi connectivity index (χ1v) is 12.0. The molecule has 4 aromatic rings. The Kier molecular flexibility index (Phi) is 6.03. The van der Waals surface area contributed by atoms with Crippen molar-refractivity contribution in [2.24, 2.45) is 4.99 Å². The van der Waals surface area contributed by atoms with Crippen LogP contribution in [-0.4, -0.2) is 21.2 Å². The van der Waals surface area contributed by atoms with Crippen LogP contribution in [0.2, 0.25) is 0 Å². The van der Waals surface area contributed by atoms with Crippen LogP contribution in [0.5, 0.6) is 17.4 Å². The monoisotopic (exact) mass is 646 g/mol. The fourth-order valence-corrected chi connectivity index (χ4v) is 6.24. The molecule has 0 saturated carbocycles. The van der Waals surface area contributed by atoms with E-state index in [0.29, 0.717) is 22.4 Å². The maximum Gasteiger partial charge on any atom is 0.217 e. The molecule has 3 aromatic carbocycles. The van der Waals surface area contributed by atoms with E-state index in [4.69, 9.17) is 9.73 Å². The number of benzene rings is 3. The van der Waals surface area contributed by atoms with Gasteiger partial charge in [-0.15, -0.1) is 35.5 Å². The third-order valence-electron chi connectivity index (χ3n) is 6.47. The van der Waals surface area contributed by atoms with Crippen molar-refractivity contribution in [2.45, 2.75) is 37.0 Å². The van der Waals surface area contributed by atoms with E-state index in [0.717, 1.165) is 22.4 Å². The summed E-state index contributed by atoms with van der Waals surface area (Å²) >= 11 is 1.82. The number of para-hydroxylation sites is 1. The first-order chi connectivity index (χ1) is 16.0. The molecule has 1 aliphatic heterocycles. The Balaban J connectivity index is 0.00000241. The van der Waals surface area contributed by atoms with Crippen LogP contribution < -0.4 is 4.74 Å². The normalized spacial score (nSPS) is 20.1. The molecule has 0 bridgehead atoms. The largest absolute Gasteiger partial charge is 0.506 e. The number of phenolic OH excluding ortho intramolecular Hbond substituents is 1. The number of hydrogen-bond donors (Lipinski definition) is 1. The standard InChI is InChI=1S/C28H23N2O2S.Pt/c1-28(2)16-22-26(20-10-3-4-11-21(20)28)33-27(29-22)18-8-5-9-19(15-18)32-24-14-13-17-7-6-12-23(31)25(17)30-24;/h3-14,22,26,31H,16H2,1-2H3;/q-1;/t22-,26+;/m0./s1. The van der Waals surface area contributed by atoms with Gasteiger partial charge in [0.1, 0.15) is 11.3 Å². The molecule has 6 rings (SSSR count). The van der Waals surface area contributed by atoms with E-state index in [-0.39, 0.29) is 38.3 Å². The molecule has 0 saturated heterocycles. The summed E-state index contributed by atoms with van der Waals surface area (Å²) in [5.41, 5.74) is 4.40. The number of aromatic nitrogens is 1. The second-order valence-corrected chi connectivity index (χ2v) is 10.4. The Bertz CT molecular complexity index is 1420. The zero-order valence-electron chi connectivity index (χ0n) is 18.8. The molecule has 0 spiro atoms. The minimum atomic E-state index is 0. The summed E-state index contributed by atoms with van der Waals surface area (Å²) < 4.78 is 6.01. The summed E-state index contributed by atoms with van der Waals surface area (Å²) in [6.45, 7) is 4.63. The molecule has 2 atom stereocenters. The molecule has 2 aliphatic rings. The van der Waals surface area contributed by atoms with Gasteiger partial charge >= 0.3 is 0 Å². The predicted molar refractivity (Wildman–Crippen MR) is 134 cm³/mol. The second-order valence-electron chi connectivity index (χ2n) is 9.24. The molecule has 0 fully saturated rings. The number of rotatable bonds is 3. The second kappa shape index (κ2) is 8.87. The number of ether oxygens (including phenoxy) is 1. The van der Waals surface area contributed by atoms with E-state index in [9.17, 15) is 5.11 Å². The van der Waals surface area contributed by atoms with Gasteiger partial charge in [-0.1, -0.05) is 56.3 Å². The summed E-state index contributed by atoms with van der Waals surface area (Å²) in [5.74, 6) is 1.13. The molecule has 4 nitrogen and oxygen atoms in total. The molecule has 174 valence electrons. The first-order valence-electron chi connectivity index (χ1n) is 11.1. The van der Waals surface area contributed by atoms with Crippen LogP contribution in [0.3, 0.4) is 0 Å². The summed E-state index contributed by atoms with van der Waals surface area (Å²) in [5, 5.41) is 12.3. The number of nitrogens with zero attached hydrogens (tertiary/aromatic N) is 2. The van der Waals surface area contributed by atoms with E-state index in [1.807, 2.05) is 42.1 Å². The molecule has 0 radical (unpaired) electrons. The van der Waals surface area contributed by atoms with Crippen molar-refractivity contribution in [2.75, 3.05) is 0 Å². The summed E-state index contributed by atoms with van der Waals surface area (Å²) in [6.07, 6.45) is 1.03. The van der Waals surface area contributed by atoms with Crippen molar-refractivity contribution in [1.29, 1.82) is 0 Å². The predicted octanol–water partition coefficient (Wildman–Crippen LogP) is 6.81. The number of aliphatic imine (C=N–C) groups is 1. The number of aromatic hydroxyl groups is 1. The maximum atomic E-state index is 10.1. The Hall–Kier alpha value is -2.62. The van der Waals surface area contributed by atoms with Gasteiger partial charge in [-0.3, -0.25) is 0 Å². The fraction of sp³-hybridized carbons (Fsp3) is 0.214. The van der Waals surface area contributed by atoms with Gasteiger partial charge in [-0.05, 0) is 35.1 Å². The van der Waals surface area contributed by atoms with E-state index in [1.54, 1.807) is 18.2 Å². The van der Waals surface area contributed by atoms with Gasteiger partial charge in [-0.25, -0.2) is 4.98 Å². The van der Waals surface area contributed by atoms with Gasteiger partial charge in [0.05, 0.1) is 6.04 Å². The number of pyridine rings is 1. The minimum Gasteiger partial charge on any atom is -0.506 e. The van der Waals surface area contributed by atoms with Crippen molar-refractivity contribution in [1.82, 2.24) is 4.98 Å². The van der Waals surface area contributed by atoms with Crippen molar-refractivity contribution >= 4 is 27.7 Å². The van der Waals surface area contributed by atoms with Crippen LogP contribution in [0.15, 0.2) is 77.8 Å². The average Bonchev–Trinajstić information content (AvgIpc) is 3.23. The Morgan fingerprint density at radius 1 is 1.00 bits per heavy atom.